The topological polar surface area (TPSA) is 0 Å². The minimum Gasteiger partial charge on any atom is -0.0619 e. The maximum absolute atomic E-state index is 2.49. The van der Waals surface area contributed by atoms with Crippen LogP contribution in [0.4, 0.5) is 0 Å². The van der Waals surface area contributed by atoms with Crippen LogP contribution in [0.2, 0.25) is 0 Å². The maximum atomic E-state index is 2.49. The lowest BCUT2D eigenvalue weighted by Gasteiger charge is -2.22. The first-order valence-electron chi connectivity index (χ1n) is 20.7. The van der Waals surface area contributed by atoms with Crippen molar-refractivity contribution in [3.05, 3.63) is 204 Å². The summed E-state index contributed by atoms with van der Waals surface area (Å²) >= 11 is 0. The summed E-state index contributed by atoms with van der Waals surface area (Å²) in [7, 11) is 0. The van der Waals surface area contributed by atoms with Crippen molar-refractivity contribution in [1.82, 2.24) is 0 Å². The Labute approximate surface area is 340 Å². The van der Waals surface area contributed by atoms with Crippen molar-refractivity contribution in [3.8, 4) is 55.6 Å². The first-order valence-corrected chi connectivity index (χ1v) is 20.7. The third-order valence-electron chi connectivity index (χ3n) is 13.9. The zero-order valence-corrected chi connectivity index (χ0v) is 33.3. The van der Waals surface area contributed by atoms with Gasteiger partial charge in [-0.15, -0.1) is 0 Å². The van der Waals surface area contributed by atoms with Crippen molar-refractivity contribution in [2.24, 2.45) is 0 Å². The second-order valence-electron chi connectivity index (χ2n) is 17.6. The molecule has 274 valence electrons. The zero-order valence-electron chi connectivity index (χ0n) is 33.3. The summed E-state index contributed by atoms with van der Waals surface area (Å²) in [6.07, 6.45) is 0. The molecule has 0 saturated heterocycles. The average Bonchev–Trinajstić information content (AvgIpc) is 3.64. The number of hydrogen-bond donors (Lipinski definition) is 0. The fourth-order valence-corrected chi connectivity index (χ4v) is 10.9. The molecule has 12 rings (SSSR count). The van der Waals surface area contributed by atoms with Crippen LogP contribution in [0, 0.1) is 0 Å². The van der Waals surface area contributed by atoms with E-state index in [9.17, 15) is 0 Å². The van der Waals surface area contributed by atoms with Crippen molar-refractivity contribution in [3.63, 3.8) is 0 Å². The highest BCUT2D eigenvalue weighted by Gasteiger charge is 2.36. The van der Waals surface area contributed by atoms with Gasteiger partial charge in [0.25, 0.3) is 0 Å². The molecule has 0 N–H and O–H groups in total. The minimum atomic E-state index is -0.0422. The molecule has 10 aromatic rings. The number of rotatable bonds is 3. The van der Waals surface area contributed by atoms with Gasteiger partial charge in [-0.05, 0) is 151 Å². The van der Waals surface area contributed by atoms with Crippen molar-refractivity contribution >= 4 is 43.1 Å². The molecule has 0 heteroatoms. The lowest BCUT2D eigenvalue weighted by Crippen LogP contribution is -2.14. The normalized spacial score (nSPS) is 14.5. The van der Waals surface area contributed by atoms with Gasteiger partial charge in [0.05, 0.1) is 0 Å². The van der Waals surface area contributed by atoms with E-state index in [1.807, 2.05) is 0 Å². The fraction of sp³-hybridized carbons (Fsp3) is 0.103. The molecular weight excluding hydrogens is 697 g/mol. The summed E-state index contributed by atoms with van der Waals surface area (Å²) in [5.74, 6) is 0. The summed E-state index contributed by atoms with van der Waals surface area (Å²) in [5.41, 5.74) is 18.5. The zero-order chi connectivity index (χ0) is 38.9. The van der Waals surface area contributed by atoms with E-state index >= 15 is 0 Å². The molecule has 0 amide bonds. The van der Waals surface area contributed by atoms with Gasteiger partial charge in [-0.3, -0.25) is 0 Å². The first kappa shape index (κ1) is 33.4. The van der Waals surface area contributed by atoms with Gasteiger partial charge in [0, 0.05) is 10.8 Å². The molecule has 0 nitrogen and oxygen atoms in total. The van der Waals surface area contributed by atoms with Crippen LogP contribution in [0.25, 0.3) is 98.7 Å². The second-order valence-corrected chi connectivity index (χ2v) is 17.6. The fourth-order valence-electron chi connectivity index (χ4n) is 10.9. The summed E-state index contributed by atoms with van der Waals surface area (Å²) in [5, 5.41) is 10.2. The van der Waals surface area contributed by atoms with E-state index in [2.05, 4.69) is 210 Å². The molecule has 0 saturated carbocycles. The Bertz CT molecular complexity index is 3380. The van der Waals surface area contributed by atoms with E-state index in [0.29, 0.717) is 0 Å². The first-order chi connectivity index (χ1) is 28.3. The Balaban J connectivity index is 1.15. The van der Waals surface area contributed by atoms with Crippen LogP contribution in [-0.2, 0) is 10.8 Å². The number of hydrogen-bond acceptors (Lipinski definition) is 0. The molecule has 0 heterocycles. The van der Waals surface area contributed by atoms with E-state index in [1.54, 1.807) is 0 Å². The van der Waals surface area contributed by atoms with Crippen LogP contribution in [0.15, 0.2) is 182 Å². The predicted octanol–water partition coefficient (Wildman–Crippen LogP) is 15.9. The summed E-state index contributed by atoms with van der Waals surface area (Å²) < 4.78 is 0. The third-order valence-corrected chi connectivity index (χ3v) is 13.9. The molecule has 0 atom stereocenters. The smallest absolute Gasteiger partial charge is 0.0158 e. The van der Waals surface area contributed by atoms with Gasteiger partial charge in [0.2, 0.25) is 0 Å². The highest BCUT2D eigenvalue weighted by atomic mass is 14.4. The van der Waals surface area contributed by atoms with E-state index in [4.69, 9.17) is 0 Å². The Morgan fingerprint density at radius 3 is 1.31 bits per heavy atom. The van der Waals surface area contributed by atoms with Gasteiger partial charge in [-0.1, -0.05) is 179 Å². The summed E-state index contributed by atoms with van der Waals surface area (Å²) in [6, 6.07) is 69.0. The molecule has 2 aliphatic carbocycles. The predicted molar refractivity (Wildman–Crippen MR) is 248 cm³/mol. The Morgan fingerprint density at radius 2 is 0.672 bits per heavy atom. The average molecular weight is 739 g/mol. The summed E-state index contributed by atoms with van der Waals surface area (Å²) in [6.45, 7) is 9.45. The molecule has 0 aliphatic heterocycles. The molecular formula is C58H42. The highest BCUT2D eigenvalue weighted by molar-refractivity contribution is 6.24. The van der Waals surface area contributed by atoms with Crippen molar-refractivity contribution in [2.45, 2.75) is 38.5 Å². The van der Waals surface area contributed by atoms with E-state index in [-0.39, 0.29) is 10.8 Å². The van der Waals surface area contributed by atoms with Crippen LogP contribution in [-0.4, -0.2) is 0 Å². The Morgan fingerprint density at radius 1 is 0.241 bits per heavy atom. The molecule has 10 aromatic carbocycles. The Hall–Kier alpha value is -6.76. The van der Waals surface area contributed by atoms with E-state index < -0.39 is 0 Å². The summed E-state index contributed by atoms with van der Waals surface area (Å²) in [4.78, 5) is 0. The molecule has 0 spiro atoms. The van der Waals surface area contributed by atoms with E-state index in [1.165, 1.54) is 121 Å². The minimum absolute atomic E-state index is 0.0281. The third kappa shape index (κ3) is 4.58. The van der Waals surface area contributed by atoms with Crippen molar-refractivity contribution in [2.75, 3.05) is 0 Å². The second kappa shape index (κ2) is 11.9. The monoisotopic (exact) mass is 738 g/mol. The lowest BCUT2D eigenvalue weighted by atomic mass is 9.81. The quantitative estimate of drug-likeness (QED) is 0.158. The van der Waals surface area contributed by atoms with Crippen LogP contribution in [0.5, 0.6) is 0 Å². The molecule has 0 unspecified atom stereocenters. The van der Waals surface area contributed by atoms with Gasteiger partial charge in [-0.25, -0.2) is 0 Å². The van der Waals surface area contributed by atoms with Crippen LogP contribution < -0.4 is 0 Å². The van der Waals surface area contributed by atoms with Crippen molar-refractivity contribution in [1.29, 1.82) is 0 Å². The van der Waals surface area contributed by atoms with Gasteiger partial charge in [0.15, 0.2) is 0 Å². The largest absolute Gasteiger partial charge is 0.0619 e. The number of fused-ring (bicyclic) bond motifs is 12. The molecule has 58 heavy (non-hydrogen) atoms. The SMILES string of the molecule is CC1(C)c2ccccc2-c2cc(-c3cc4c5ccc(-c6cccc7ccccc67)cc5c(-c5ccc6c(c5)-c5ccccc5C6(C)C)cc4c4ccccc34)ccc21. The molecule has 0 bridgehead atoms. The van der Waals surface area contributed by atoms with Crippen molar-refractivity contribution < 1.29 is 0 Å². The van der Waals surface area contributed by atoms with Gasteiger partial charge in [-0.2, -0.15) is 0 Å². The van der Waals surface area contributed by atoms with Crippen LogP contribution >= 0.6 is 0 Å². The Kier molecular flexibility index (Phi) is 6.84. The molecule has 0 fully saturated rings. The standard InChI is InChI=1S/C58H42/c1-57(2)53-22-11-9-19-44(53)51-31-37(25-28-55(51)57)46-33-50-43-27-24-36(40-21-13-15-35-14-5-6-16-39(35)40)30-48(43)47(34-49(50)42-18-8-7-17-41(42)46)38-26-29-56-52(32-38)45-20-10-12-23-54(45)58(56,3)4/h5-34H,1-4H3. The number of benzene rings is 10. The maximum Gasteiger partial charge on any atom is 0.0158 e. The van der Waals surface area contributed by atoms with E-state index in [0.717, 1.165) is 0 Å². The molecule has 2 aliphatic rings. The van der Waals surface area contributed by atoms with Crippen LogP contribution in [0.1, 0.15) is 49.9 Å². The van der Waals surface area contributed by atoms with Gasteiger partial charge < -0.3 is 0 Å². The highest BCUT2D eigenvalue weighted by Crippen LogP contribution is 2.52. The van der Waals surface area contributed by atoms with Gasteiger partial charge in [0.1, 0.15) is 0 Å². The molecule has 0 aromatic heterocycles. The lowest BCUT2D eigenvalue weighted by molar-refractivity contribution is 0.660. The van der Waals surface area contributed by atoms with Gasteiger partial charge >= 0.3 is 0 Å². The van der Waals surface area contributed by atoms with Crippen LogP contribution in [0.3, 0.4) is 0 Å². The molecule has 0 radical (unpaired) electrons.